The molecule has 150 valence electrons. The first-order valence-corrected chi connectivity index (χ1v) is 9.95. The Kier molecular flexibility index (Phi) is 7.80. The Morgan fingerprint density at radius 1 is 0.964 bits per heavy atom. The van der Waals surface area contributed by atoms with Gasteiger partial charge < -0.3 is 10.2 Å². The molecule has 0 aliphatic rings. The monoisotopic (exact) mass is 380 g/mol. The lowest BCUT2D eigenvalue weighted by molar-refractivity contribution is -0.140. The number of benzene rings is 2. The molecule has 2 aromatic rings. The molecule has 0 saturated heterocycles. The first kappa shape index (κ1) is 21.7. The van der Waals surface area contributed by atoms with E-state index < -0.39 is 6.04 Å². The van der Waals surface area contributed by atoms with Crippen LogP contribution in [-0.2, 0) is 22.6 Å². The molecule has 0 aromatic heterocycles. The van der Waals surface area contributed by atoms with E-state index in [0.29, 0.717) is 19.0 Å². The molecule has 0 radical (unpaired) electrons. The molecular weight excluding hydrogens is 348 g/mol. The molecule has 0 saturated carbocycles. The van der Waals surface area contributed by atoms with Crippen molar-refractivity contribution in [1.82, 2.24) is 10.2 Å². The van der Waals surface area contributed by atoms with Crippen LogP contribution in [0.1, 0.15) is 43.0 Å². The van der Waals surface area contributed by atoms with Gasteiger partial charge in [-0.2, -0.15) is 0 Å². The Bertz CT molecular complexity index is 797. The molecule has 2 rings (SSSR count). The van der Waals surface area contributed by atoms with Crippen LogP contribution in [0.4, 0.5) is 0 Å². The molecule has 0 aliphatic heterocycles. The summed E-state index contributed by atoms with van der Waals surface area (Å²) in [4.78, 5) is 27.5. The minimum Gasteiger partial charge on any atom is -0.354 e. The summed E-state index contributed by atoms with van der Waals surface area (Å²) >= 11 is 0. The topological polar surface area (TPSA) is 49.4 Å². The van der Waals surface area contributed by atoms with Crippen molar-refractivity contribution in [2.75, 3.05) is 6.54 Å². The first-order chi connectivity index (χ1) is 13.3. The van der Waals surface area contributed by atoms with Gasteiger partial charge in [-0.15, -0.1) is 0 Å². The molecule has 0 heterocycles. The number of carbonyl (C=O) groups excluding carboxylic acids is 2. The Morgan fingerprint density at radius 3 is 2.21 bits per heavy atom. The van der Waals surface area contributed by atoms with Crippen LogP contribution < -0.4 is 5.32 Å². The zero-order valence-electron chi connectivity index (χ0n) is 17.7. The smallest absolute Gasteiger partial charge is 0.242 e. The summed E-state index contributed by atoms with van der Waals surface area (Å²) in [6.07, 6.45) is 0.286. The van der Waals surface area contributed by atoms with Crippen LogP contribution in [0.25, 0.3) is 0 Å². The average molecular weight is 381 g/mol. The Balaban J connectivity index is 2.21. The number of nitrogens with one attached hydrogen (secondary N) is 1. The number of aryl methyl sites for hydroxylation is 2. The molecule has 0 fully saturated rings. The standard InChI is InChI=1S/C24H32N2O2/c1-17(2)15-25-24(28)20(5)26(16-22-9-7-6-8-19(22)4)23(27)14-21-12-10-18(3)11-13-21/h6-13,17,20H,14-16H2,1-5H3,(H,25,28)/t20-/m0/s1. The highest BCUT2D eigenvalue weighted by atomic mass is 16.2. The molecular formula is C24H32N2O2. The molecule has 2 amide bonds. The van der Waals surface area contributed by atoms with Crippen LogP contribution in [0, 0.1) is 19.8 Å². The van der Waals surface area contributed by atoms with Crippen molar-refractivity contribution in [3.05, 3.63) is 70.8 Å². The van der Waals surface area contributed by atoms with Gasteiger partial charge in [-0.25, -0.2) is 0 Å². The fourth-order valence-corrected chi connectivity index (χ4v) is 2.99. The normalized spacial score (nSPS) is 11.9. The second-order valence-corrected chi connectivity index (χ2v) is 7.93. The van der Waals surface area contributed by atoms with Crippen LogP contribution >= 0.6 is 0 Å². The number of hydrogen-bond acceptors (Lipinski definition) is 2. The third kappa shape index (κ3) is 6.22. The molecule has 4 nitrogen and oxygen atoms in total. The molecule has 0 bridgehead atoms. The van der Waals surface area contributed by atoms with E-state index in [1.54, 1.807) is 11.8 Å². The van der Waals surface area contributed by atoms with Gasteiger partial charge >= 0.3 is 0 Å². The first-order valence-electron chi connectivity index (χ1n) is 9.95. The van der Waals surface area contributed by atoms with Crippen molar-refractivity contribution in [2.24, 2.45) is 5.92 Å². The van der Waals surface area contributed by atoms with Gasteiger partial charge in [0.05, 0.1) is 6.42 Å². The van der Waals surface area contributed by atoms with E-state index >= 15 is 0 Å². The second-order valence-electron chi connectivity index (χ2n) is 7.93. The van der Waals surface area contributed by atoms with E-state index in [2.05, 4.69) is 19.2 Å². The largest absolute Gasteiger partial charge is 0.354 e. The van der Waals surface area contributed by atoms with Crippen molar-refractivity contribution in [2.45, 2.75) is 53.6 Å². The lowest BCUT2D eigenvalue weighted by Crippen LogP contribution is -2.48. The minimum atomic E-state index is -0.531. The predicted octanol–water partition coefficient (Wildman–Crippen LogP) is 4.04. The molecule has 2 aromatic carbocycles. The van der Waals surface area contributed by atoms with Gasteiger partial charge in [0, 0.05) is 13.1 Å². The molecule has 0 unspecified atom stereocenters. The van der Waals surface area contributed by atoms with Gasteiger partial charge in [0.25, 0.3) is 0 Å². The van der Waals surface area contributed by atoms with Crippen molar-refractivity contribution in [3.8, 4) is 0 Å². The Hall–Kier alpha value is -2.62. The SMILES string of the molecule is Cc1ccc(CC(=O)N(Cc2ccccc2C)[C@@H](C)C(=O)NCC(C)C)cc1. The number of hydrogen-bond donors (Lipinski definition) is 1. The fourth-order valence-electron chi connectivity index (χ4n) is 2.99. The van der Waals surface area contributed by atoms with Gasteiger partial charge in [-0.05, 0) is 43.4 Å². The van der Waals surface area contributed by atoms with Gasteiger partial charge in [0.1, 0.15) is 6.04 Å². The Labute approximate surface area is 169 Å². The van der Waals surface area contributed by atoms with Gasteiger partial charge in [0.15, 0.2) is 0 Å². The number of carbonyl (C=O) groups is 2. The summed E-state index contributed by atoms with van der Waals surface area (Å²) in [7, 11) is 0. The predicted molar refractivity (Wildman–Crippen MR) is 114 cm³/mol. The van der Waals surface area contributed by atoms with Crippen molar-refractivity contribution in [1.29, 1.82) is 0 Å². The van der Waals surface area contributed by atoms with Crippen LogP contribution in [0.2, 0.25) is 0 Å². The van der Waals surface area contributed by atoms with E-state index in [-0.39, 0.29) is 18.2 Å². The maximum atomic E-state index is 13.1. The molecule has 1 N–H and O–H groups in total. The van der Waals surface area contributed by atoms with E-state index in [1.807, 2.05) is 62.4 Å². The average Bonchev–Trinajstić information content (AvgIpc) is 2.66. The molecule has 4 heteroatoms. The fraction of sp³-hybridized carbons (Fsp3) is 0.417. The second kappa shape index (κ2) is 10.1. The molecule has 28 heavy (non-hydrogen) atoms. The van der Waals surface area contributed by atoms with Crippen molar-refractivity contribution >= 4 is 11.8 Å². The summed E-state index contributed by atoms with van der Waals surface area (Å²) in [6, 6.07) is 15.4. The number of rotatable bonds is 8. The van der Waals surface area contributed by atoms with Crippen molar-refractivity contribution < 1.29 is 9.59 Å². The third-order valence-corrected chi connectivity index (χ3v) is 4.93. The molecule has 0 aliphatic carbocycles. The Morgan fingerprint density at radius 2 is 1.61 bits per heavy atom. The van der Waals surface area contributed by atoms with E-state index in [4.69, 9.17) is 0 Å². The lowest BCUT2D eigenvalue weighted by atomic mass is 10.1. The lowest BCUT2D eigenvalue weighted by Gasteiger charge is -2.29. The summed E-state index contributed by atoms with van der Waals surface area (Å²) in [5.41, 5.74) is 4.29. The van der Waals surface area contributed by atoms with Gasteiger partial charge in [-0.1, -0.05) is 67.9 Å². The van der Waals surface area contributed by atoms with Crippen LogP contribution in [-0.4, -0.2) is 29.3 Å². The minimum absolute atomic E-state index is 0.0423. The zero-order valence-corrected chi connectivity index (χ0v) is 17.7. The van der Waals surface area contributed by atoms with Gasteiger partial charge in [0.2, 0.25) is 11.8 Å². The van der Waals surface area contributed by atoms with Crippen LogP contribution in [0.5, 0.6) is 0 Å². The third-order valence-electron chi connectivity index (χ3n) is 4.93. The van der Waals surface area contributed by atoms with E-state index in [0.717, 1.165) is 22.3 Å². The maximum Gasteiger partial charge on any atom is 0.242 e. The van der Waals surface area contributed by atoms with E-state index in [9.17, 15) is 9.59 Å². The van der Waals surface area contributed by atoms with Crippen LogP contribution in [0.3, 0.4) is 0 Å². The molecule has 1 atom stereocenters. The maximum absolute atomic E-state index is 13.1. The van der Waals surface area contributed by atoms with E-state index in [1.165, 1.54) is 0 Å². The highest BCUT2D eigenvalue weighted by Gasteiger charge is 2.26. The van der Waals surface area contributed by atoms with Gasteiger partial charge in [-0.3, -0.25) is 9.59 Å². The highest BCUT2D eigenvalue weighted by molar-refractivity contribution is 5.88. The summed E-state index contributed by atoms with van der Waals surface area (Å²) in [6.45, 7) is 11.0. The quantitative estimate of drug-likeness (QED) is 0.751. The summed E-state index contributed by atoms with van der Waals surface area (Å²) in [5, 5.41) is 2.96. The number of nitrogens with zero attached hydrogens (tertiary/aromatic N) is 1. The van der Waals surface area contributed by atoms with Crippen LogP contribution in [0.15, 0.2) is 48.5 Å². The number of amides is 2. The molecule has 0 spiro atoms. The van der Waals surface area contributed by atoms with Crippen molar-refractivity contribution in [3.63, 3.8) is 0 Å². The highest BCUT2D eigenvalue weighted by Crippen LogP contribution is 2.15. The summed E-state index contributed by atoms with van der Waals surface area (Å²) in [5.74, 6) is 0.211. The summed E-state index contributed by atoms with van der Waals surface area (Å²) < 4.78 is 0. The zero-order chi connectivity index (χ0) is 20.7.